The molecule has 0 radical (unpaired) electrons. The van der Waals surface area contributed by atoms with Crippen LogP contribution < -0.4 is 39.1 Å². The molecule has 4 aliphatic heterocycles. The third kappa shape index (κ3) is 18.3. The fourth-order valence-corrected chi connectivity index (χ4v) is 13.4. The number of nitrogens with two attached hydrogens (primary N) is 2. The smallest absolute Gasteiger partial charge is 0.497 e. The fraction of sp³-hybridized carbons (Fsp3) is 0.507. The molecule has 0 saturated carbocycles. The van der Waals surface area contributed by atoms with Gasteiger partial charge in [0.25, 0.3) is 23.6 Å². The minimum Gasteiger partial charge on any atom is -0.497 e. The Labute approximate surface area is 584 Å². The van der Waals surface area contributed by atoms with Crippen LogP contribution in [0.25, 0.3) is 27.2 Å². The highest BCUT2D eigenvalue weighted by molar-refractivity contribution is 7.82. The predicted molar refractivity (Wildman–Crippen MR) is 366 cm³/mol. The second kappa shape index (κ2) is 30.9. The highest BCUT2D eigenvalue weighted by Crippen LogP contribution is 2.48. The van der Waals surface area contributed by atoms with Crippen molar-refractivity contribution in [3.63, 3.8) is 0 Å². The molecule has 0 bridgehead atoms. The standard InChI is InChI=1S/C69H90ClN7O22S/c1-66(2,34-92-37-69(7,8)33-77-55(81)17-18-56(77)82)25-41(71)28-75(72)32-68(5,6)36-93-35-67(3,4)31-74(9)63(87)39-12-16-50(95-57-24-49(80)59(83)53(29-78)96-57)52(20-39)99-100(89,90)98-51-23-48-58(45-21-42(91-10)14-15-44(45)51)40(26-70)27-76(48)64(88)47-19-38-11-13-43(22-46(38)73-47)94-65-62(86)61(85)60(84)54(30-79)97-65/h11-23,26,28,49,53-54,57,59-62,65,73,78-80,83-86H,24-25,27,29-37,71-72H2,1-10H3/b40-26+,41-28-/t49-,53-,54-,57-,59-,60+,61?,62-,65-/m1/s1. The van der Waals surface area contributed by atoms with E-state index in [0.717, 1.165) is 6.07 Å². The molecule has 5 aromatic rings. The third-order valence-corrected chi connectivity index (χ3v) is 18.2. The fourth-order valence-electron chi connectivity index (χ4n) is 12.5. The van der Waals surface area contributed by atoms with E-state index in [1.165, 1.54) is 80.9 Å². The summed E-state index contributed by atoms with van der Waals surface area (Å²) in [7, 11) is -2.32. The van der Waals surface area contributed by atoms with Gasteiger partial charge in [0, 0.05) is 118 Å². The van der Waals surface area contributed by atoms with Crippen LogP contribution in [0.1, 0.15) is 94.6 Å². The molecule has 5 heterocycles. The maximum absolute atomic E-state index is 14.8. The summed E-state index contributed by atoms with van der Waals surface area (Å²) in [5.74, 6) is 3.86. The third-order valence-electron chi connectivity index (χ3n) is 17.2. The number of allylic oxidation sites excluding steroid dienone is 1. The Morgan fingerprint density at radius 3 is 2.02 bits per heavy atom. The van der Waals surface area contributed by atoms with E-state index >= 15 is 0 Å². The molecule has 0 aliphatic carbocycles. The van der Waals surface area contributed by atoms with E-state index in [1.807, 2.05) is 55.4 Å². The van der Waals surface area contributed by atoms with Crippen LogP contribution in [0, 0.1) is 21.7 Å². The van der Waals surface area contributed by atoms with Gasteiger partial charge in [-0.3, -0.25) is 24.1 Å². The highest BCUT2D eigenvalue weighted by atomic mass is 35.5. The number of imide groups is 1. The van der Waals surface area contributed by atoms with Crippen LogP contribution in [-0.2, 0) is 38.9 Å². The molecule has 9 rings (SSSR count). The van der Waals surface area contributed by atoms with Gasteiger partial charge in [0.2, 0.25) is 12.6 Å². The van der Waals surface area contributed by atoms with Gasteiger partial charge in [-0.25, -0.2) is 5.84 Å². The van der Waals surface area contributed by atoms with E-state index in [1.54, 1.807) is 37.5 Å². The van der Waals surface area contributed by atoms with Crippen molar-refractivity contribution in [2.45, 2.75) is 124 Å². The van der Waals surface area contributed by atoms with Gasteiger partial charge in [0.1, 0.15) is 53.8 Å². The Hall–Kier alpha value is -7.66. The summed E-state index contributed by atoms with van der Waals surface area (Å²) >= 11 is 6.49. The lowest BCUT2D eigenvalue weighted by Gasteiger charge is -2.39. The van der Waals surface area contributed by atoms with Crippen LogP contribution in [0.5, 0.6) is 28.7 Å². The van der Waals surface area contributed by atoms with Crippen LogP contribution in [0.15, 0.2) is 96.3 Å². The lowest BCUT2D eigenvalue weighted by Crippen LogP contribution is -2.60. The van der Waals surface area contributed by atoms with Gasteiger partial charge in [-0.2, -0.15) is 0 Å². The lowest BCUT2D eigenvalue weighted by molar-refractivity contribution is -0.277. The number of H-pyrrole nitrogens is 1. The molecule has 4 amide bonds. The molecule has 2 saturated heterocycles. The van der Waals surface area contributed by atoms with Gasteiger partial charge >= 0.3 is 10.4 Å². The summed E-state index contributed by atoms with van der Waals surface area (Å²) in [5, 5.41) is 74.6. The second-order valence-electron chi connectivity index (χ2n) is 28.8. The first kappa shape index (κ1) is 76.5. The largest absolute Gasteiger partial charge is 0.501 e. The van der Waals surface area contributed by atoms with Crippen molar-refractivity contribution < 1.29 is 105 Å². The number of nitrogens with one attached hydrogen (secondary N) is 1. The first-order valence-corrected chi connectivity index (χ1v) is 34.1. The average Bonchev–Trinajstić information content (AvgIpc) is 1.56. The molecule has 4 aromatic carbocycles. The average molecular weight is 1440 g/mol. The number of nitrogens with zero attached hydrogens (tertiary/aromatic N) is 4. The van der Waals surface area contributed by atoms with E-state index in [2.05, 4.69) is 4.98 Å². The van der Waals surface area contributed by atoms with E-state index in [0.29, 0.717) is 65.1 Å². The van der Waals surface area contributed by atoms with Gasteiger partial charge in [-0.05, 0) is 77.4 Å². The molecule has 0 spiro atoms. The maximum atomic E-state index is 14.8. The summed E-state index contributed by atoms with van der Waals surface area (Å²) in [6.45, 7) is 16.0. The van der Waals surface area contributed by atoms with E-state index in [4.69, 9.17) is 64.7 Å². The molecule has 2 fully saturated rings. The number of aliphatic hydroxyl groups excluding tert-OH is 7. The number of halogens is 1. The number of carbonyl (C=O) groups is 4. The van der Waals surface area contributed by atoms with Crippen molar-refractivity contribution >= 4 is 78.6 Å². The van der Waals surface area contributed by atoms with E-state index in [-0.39, 0.29) is 96.1 Å². The Morgan fingerprint density at radius 1 is 0.730 bits per heavy atom. The van der Waals surface area contributed by atoms with Gasteiger partial charge < -0.3 is 103 Å². The Morgan fingerprint density at radius 2 is 1.36 bits per heavy atom. The van der Waals surface area contributed by atoms with Gasteiger partial charge in [-0.1, -0.05) is 67.0 Å². The van der Waals surface area contributed by atoms with Gasteiger partial charge in [0.05, 0.1) is 65.1 Å². The molecular weight excluding hydrogens is 1350 g/mol. The Kier molecular flexibility index (Phi) is 23.6. The molecule has 1 aromatic heterocycles. The predicted octanol–water partition coefficient (Wildman–Crippen LogP) is 4.16. The summed E-state index contributed by atoms with van der Waals surface area (Å²) in [5.41, 5.74) is 7.70. The van der Waals surface area contributed by atoms with Crippen molar-refractivity contribution in [2.75, 3.05) is 84.9 Å². The summed E-state index contributed by atoms with van der Waals surface area (Å²) < 4.78 is 81.9. The zero-order valence-electron chi connectivity index (χ0n) is 57.3. The number of aromatic nitrogens is 1. The van der Waals surface area contributed by atoms with Crippen LogP contribution in [0.2, 0.25) is 0 Å². The minimum absolute atomic E-state index is 0.0585. The first-order chi connectivity index (χ1) is 46.9. The molecule has 1 unspecified atom stereocenters. The normalized spacial score (nSPS) is 22.8. The highest BCUT2D eigenvalue weighted by Gasteiger charge is 2.45. The second-order valence-corrected chi connectivity index (χ2v) is 30.2. The number of aliphatic hydroxyl groups is 7. The number of methoxy groups -OCH3 is 1. The van der Waals surface area contributed by atoms with Gasteiger partial charge in [-0.15, -0.1) is 8.42 Å². The molecule has 29 nitrogen and oxygen atoms in total. The van der Waals surface area contributed by atoms with Crippen molar-refractivity contribution in [1.82, 2.24) is 19.8 Å². The zero-order chi connectivity index (χ0) is 73.1. The number of rotatable bonds is 30. The SMILES string of the molecule is COc1ccc2c(OS(=O)(=O)Oc3cc(C(=O)N(C)CC(C)(C)COCC(C)(C)CN(N)/C=C(\N)CC(C)(C)COCC(C)(C)CN4C(=O)C=CC4=O)ccc3O[C@H]3C[C@@H](O)[C@@H](O)[C@@H](CO)O3)cc3c(c2c1)/C(=C/Cl)CN3C(=O)c1cc2ccc(O[C@@H]3O[C@H](CO)[C@H](O)C(O)[C@H]3O)cc2[nH]1. The van der Waals surface area contributed by atoms with Crippen molar-refractivity contribution in [3.05, 3.63) is 113 Å². The molecular formula is C69H90ClN7O22S. The molecule has 9 atom stereocenters. The Balaban J connectivity index is 0.888. The summed E-state index contributed by atoms with van der Waals surface area (Å²) in [4.78, 5) is 60.5. The number of benzene rings is 4. The first-order valence-electron chi connectivity index (χ1n) is 32.3. The summed E-state index contributed by atoms with van der Waals surface area (Å²) in [6.07, 6.45) is -8.98. The number of ether oxygens (including phenoxy) is 7. The molecule has 100 heavy (non-hydrogen) atoms. The van der Waals surface area contributed by atoms with Crippen LogP contribution in [-0.4, -0.2) is 223 Å². The number of amides is 4. The van der Waals surface area contributed by atoms with E-state index < -0.39 is 113 Å². The zero-order valence-corrected chi connectivity index (χ0v) is 58.9. The number of fused-ring (bicyclic) bond motifs is 4. The number of aromatic amines is 1. The van der Waals surface area contributed by atoms with Gasteiger partial charge in [0.15, 0.2) is 17.2 Å². The number of hydrogen-bond acceptors (Lipinski definition) is 25. The molecule has 4 aliphatic rings. The topological polar surface area (TPSA) is 408 Å². The monoisotopic (exact) mass is 1440 g/mol. The quantitative estimate of drug-likeness (QED) is 0.0175. The lowest BCUT2D eigenvalue weighted by atomic mass is 9.88. The van der Waals surface area contributed by atoms with Crippen LogP contribution in [0.4, 0.5) is 5.69 Å². The minimum atomic E-state index is -5.30. The van der Waals surface area contributed by atoms with Crippen molar-refractivity contribution in [3.8, 4) is 28.7 Å². The molecule has 31 heteroatoms. The van der Waals surface area contributed by atoms with Crippen molar-refractivity contribution in [1.29, 1.82) is 0 Å². The van der Waals surface area contributed by atoms with E-state index in [9.17, 15) is 63.3 Å². The summed E-state index contributed by atoms with van der Waals surface area (Å²) in [6, 6.07) is 15.9. The van der Waals surface area contributed by atoms with Crippen LogP contribution >= 0.6 is 11.6 Å². The maximum Gasteiger partial charge on any atom is 0.501 e. The number of anilines is 1. The molecule has 546 valence electrons. The number of hydrogen-bond donors (Lipinski definition) is 10. The number of hydrazine groups is 1. The molecule has 12 N–H and O–H groups in total. The van der Waals surface area contributed by atoms with Crippen molar-refractivity contribution in [2.24, 2.45) is 33.2 Å². The Bertz CT molecular complexity index is 4030. The van der Waals surface area contributed by atoms with Crippen LogP contribution in [0.3, 0.4) is 0 Å². The number of carbonyl (C=O) groups excluding carboxylic acids is 4.